The maximum atomic E-state index is 12.5. The van der Waals surface area contributed by atoms with Gasteiger partial charge in [0.15, 0.2) is 0 Å². The summed E-state index contributed by atoms with van der Waals surface area (Å²) in [5.74, 6) is 0.264. The van der Waals surface area contributed by atoms with E-state index in [0.29, 0.717) is 4.83 Å². The fraction of sp³-hybridized carbons (Fsp3) is 1.00. The number of rotatable bonds is 2. The van der Waals surface area contributed by atoms with Gasteiger partial charge in [-0.3, -0.25) is 0 Å². The first-order chi connectivity index (χ1) is 7.69. The Morgan fingerprint density at radius 2 is 1.65 bits per heavy atom. The van der Waals surface area contributed by atoms with Gasteiger partial charge in [-0.2, -0.15) is 4.31 Å². The molecular formula is C12H22BrNO2S. The highest BCUT2D eigenvalue weighted by Gasteiger charge is 2.46. The molecule has 0 saturated carbocycles. The van der Waals surface area contributed by atoms with Crippen molar-refractivity contribution in [3.8, 4) is 0 Å². The predicted molar refractivity (Wildman–Crippen MR) is 73.8 cm³/mol. The monoisotopic (exact) mass is 323 g/mol. The Morgan fingerprint density at radius 3 is 2.06 bits per heavy atom. The van der Waals surface area contributed by atoms with Crippen LogP contribution < -0.4 is 0 Å². The van der Waals surface area contributed by atoms with E-state index in [2.05, 4.69) is 15.9 Å². The summed E-state index contributed by atoms with van der Waals surface area (Å²) in [6.45, 7) is 5.97. The normalized spacial score (nSPS) is 35.2. The number of hydrogen-bond donors (Lipinski definition) is 0. The predicted octanol–water partition coefficient (Wildman–Crippen LogP) is 2.75. The van der Waals surface area contributed by atoms with Crippen LogP contribution in [-0.2, 0) is 10.0 Å². The van der Waals surface area contributed by atoms with Crippen LogP contribution in [0.3, 0.4) is 0 Å². The van der Waals surface area contributed by atoms with Gasteiger partial charge in [0.05, 0.1) is 5.75 Å². The van der Waals surface area contributed by atoms with E-state index in [1.807, 2.05) is 25.1 Å². The molecule has 0 amide bonds. The van der Waals surface area contributed by atoms with Crippen molar-refractivity contribution in [3.05, 3.63) is 0 Å². The molecule has 2 rings (SSSR count). The Hall–Kier alpha value is 0.390. The molecule has 3 nitrogen and oxygen atoms in total. The fourth-order valence-corrected chi connectivity index (χ4v) is 6.54. The molecule has 0 aromatic heterocycles. The molecule has 2 heterocycles. The minimum atomic E-state index is -3.09. The Labute approximate surface area is 113 Å². The van der Waals surface area contributed by atoms with Crippen LogP contribution in [0.4, 0.5) is 0 Å². The zero-order valence-corrected chi connectivity index (χ0v) is 13.2. The molecule has 100 valence electrons. The lowest BCUT2D eigenvalue weighted by Gasteiger charge is -2.37. The van der Waals surface area contributed by atoms with Crippen molar-refractivity contribution in [1.29, 1.82) is 0 Å². The van der Waals surface area contributed by atoms with Crippen molar-refractivity contribution >= 4 is 26.0 Å². The molecule has 0 N–H and O–H groups in total. The van der Waals surface area contributed by atoms with Crippen LogP contribution in [0, 0.1) is 5.41 Å². The Kier molecular flexibility index (Phi) is 3.65. The number of piperidine rings is 1. The van der Waals surface area contributed by atoms with Crippen LogP contribution in [0.2, 0.25) is 0 Å². The maximum Gasteiger partial charge on any atom is 0.215 e. The number of sulfonamides is 1. The topological polar surface area (TPSA) is 37.4 Å². The van der Waals surface area contributed by atoms with E-state index in [-0.39, 0.29) is 23.3 Å². The van der Waals surface area contributed by atoms with E-state index in [9.17, 15) is 8.42 Å². The molecule has 0 aliphatic carbocycles. The highest BCUT2D eigenvalue weighted by Crippen LogP contribution is 2.41. The van der Waals surface area contributed by atoms with Gasteiger partial charge in [0.25, 0.3) is 0 Å². The van der Waals surface area contributed by atoms with Crippen LogP contribution in [0.15, 0.2) is 0 Å². The van der Waals surface area contributed by atoms with Gasteiger partial charge in [-0.15, -0.1) is 0 Å². The summed E-state index contributed by atoms with van der Waals surface area (Å²) in [7, 11) is -3.09. The van der Waals surface area contributed by atoms with E-state index < -0.39 is 10.0 Å². The van der Waals surface area contributed by atoms with Crippen molar-refractivity contribution in [2.75, 3.05) is 5.75 Å². The molecule has 2 unspecified atom stereocenters. The molecular weight excluding hydrogens is 302 g/mol. The summed E-state index contributed by atoms with van der Waals surface area (Å²) >= 11 is 3.64. The molecule has 2 saturated heterocycles. The molecule has 0 aromatic rings. The third kappa shape index (κ3) is 3.04. The zero-order chi connectivity index (χ0) is 12.8. The quantitative estimate of drug-likeness (QED) is 0.733. The van der Waals surface area contributed by atoms with Crippen molar-refractivity contribution in [3.63, 3.8) is 0 Å². The standard InChI is InChI=1S/C12H22BrNO2S/c1-12(2,3)8-17(15,16)14-10-4-5-11(14)7-9(13)6-10/h9-11H,4-8H2,1-3H3. The molecule has 2 bridgehead atoms. The van der Waals surface area contributed by atoms with Crippen LogP contribution in [0.25, 0.3) is 0 Å². The first-order valence-electron chi connectivity index (χ1n) is 6.34. The van der Waals surface area contributed by atoms with Gasteiger partial charge in [0, 0.05) is 16.9 Å². The van der Waals surface area contributed by atoms with Crippen molar-refractivity contribution in [2.24, 2.45) is 5.41 Å². The van der Waals surface area contributed by atoms with Gasteiger partial charge in [-0.05, 0) is 31.1 Å². The largest absolute Gasteiger partial charge is 0.215 e. The second-order valence-electron chi connectivity index (χ2n) is 6.60. The van der Waals surface area contributed by atoms with Crippen molar-refractivity contribution in [2.45, 2.75) is 63.4 Å². The second-order valence-corrected chi connectivity index (χ2v) is 9.77. The number of alkyl halides is 1. The first kappa shape index (κ1) is 13.8. The molecule has 5 heteroatoms. The van der Waals surface area contributed by atoms with E-state index >= 15 is 0 Å². The summed E-state index contributed by atoms with van der Waals surface area (Å²) in [4.78, 5) is 0.501. The number of hydrogen-bond acceptors (Lipinski definition) is 2. The number of halogens is 1. The average Bonchev–Trinajstić information content (AvgIpc) is 2.36. The van der Waals surface area contributed by atoms with Gasteiger partial charge >= 0.3 is 0 Å². The van der Waals surface area contributed by atoms with Crippen LogP contribution >= 0.6 is 15.9 Å². The van der Waals surface area contributed by atoms with Gasteiger partial charge in [-0.25, -0.2) is 8.42 Å². The summed E-state index contributed by atoms with van der Waals surface area (Å²) in [5, 5.41) is 0. The summed E-state index contributed by atoms with van der Waals surface area (Å²) in [5.41, 5.74) is -0.163. The summed E-state index contributed by atoms with van der Waals surface area (Å²) in [6, 6.07) is 0.482. The molecule has 2 fully saturated rings. The van der Waals surface area contributed by atoms with E-state index in [1.54, 1.807) is 0 Å². The number of fused-ring (bicyclic) bond motifs is 2. The smallest absolute Gasteiger partial charge is 0.212 e. The summed E-state index contributed by atoms with van der Waals surface area (Å²) < 4.78 is 26.8. The minimum Gasteiger partial charge on any atom is -0.212 e. The Morgan fingerprint density at radius 1 is 1.18 bits per heavy atom. The van der Waals surface area contributed by atoms with Crippen molar-refractivity contribution < 1.29 is 8.42 Å². The van der Waals surface area contributed by atoms with E-state index in [0.717, 1.165) is 25.7 Å². The average molecular weight is 324 g/mol. The molecule has 2 aliphatic rings. The highest BCUT2D eigenvalue weighted by atomic mass is 79.9. The van der Waals surface area contributed by atoms with Crippen LogP contribution in [0.5, 0.6) is 0 Å². The van der Waals surface area contributed by atoms with Crippen LogP contribution in [0.1, 0.15) is 46.5 Å². The lowest BCUT2D eigenvalue weighted by molar-refractivity contribution is 0.251. The highest BCUT2D eigenvalue weighted by molar-refractivity contribution is 9.09. The fourth-order valence-electron chi connectivity index (χ4n) is 3.14. The van der Waals surface area contributed by atoms with Crippen LogP contribution in [-0.4, -0.2) is 35.4 Å². The molecule has 0 spiro atoms. The lowest BCUT2D eigenvalue weighted by Crippen LogP contribution is -2.49. The van der Waals surface area contributed by atoms with E-state index in [1.165, 1.54) is 0 Å². The third-order valence-corrected chi connectivity index (χ3v) is 6.76. The first-order valence-corrected chi connectivity index (χ1v) is 8.87. The second kappa shape index (κ2) is 4.49. The molecule has 0 aromatic carbocycles. The SMILES string of the molecule is CC(C)(C)CS(=O)(=O)N1C2CCC1CC(Br)C2. The third-order valence-electron chi connectivity index (χ3n) is 3.55. The molecule has 17 heavy (non-hydrogen) atoms. The van der Waals surface area contributed by atoms with Gasteiger partial charge in [0.1, 0.15) is 0 Å². The Balaban J connectivity index is 2.18. The minimum absolute atomic E-state index is 0.163. The van der Waals surface area contributed by atoms with Gasteiger partial charge in [0.2, 0.25) is 10.0 Å². The summed E-state index contributed by atoms with van der Waals surface area (Å²) in [6.07, 6.45) is 4.02. The number of nitrogens with zero attached hydrogens (tertiary/aromatic N) is 1. The lowest BCUT2D eigenvalue weighted by atomic mass is 10.0. The zero-order valence-electron chi connectivity index (χ0n) is 10.8. The maximum absolute atomic E-state index is 12.5. The van der Waals surface area contributed by atoms with Gasteiger partial charge < -0.3 is 0 Å². The van der Waals surface area contributed by atoms with Crippen molar-refractivity contribution in [1.82, 2.24) is 4.31 Å². The van der Waals surface area contributed by atoms with Gasteiger partial charge in [-0.1, -0.05) is 36.7 Å². The molecule has 2 atom stereocenters. The molecule has 2 aliphatic heterocycles. The Bertz CT molecular complexity index is 374. The molecule has 0 radical (unpaired) electrons. The van der Waals surface area contributed by atoms with E-state index in [4.69, 9.17) is 0 Å².